The van der Waals surface area contributed by atoms with E-state index in [4.69, 9.17) is 0 Å². The maximum absolute atomic E-state index is 12.2. The third-order valence-corrected chi connectivity index (χ3v) is 4.20. The molecule has 1 aromatic heterocycles. The molecule has 1 heterocycles. The molecule has 0 spiro atoms. The Morgan fingerprint density at radius 2 is 2.14 bits per heavy atom. The molecule has 118 valence electrons. The number of unbranched alkanes of at least 4 members (excludes halogenated alkanes) is 1. The van der Waals surface area contributed by atoms with Gasteiger partial charge in [-0.15, -0.1) is 11.3 Å². The number of amides is 2. The number of aryl methyl sites for hydroxylation is 1. The maximum atomic E-state index is 12.2. The molecule has 1 rings (SSSR count). The van der Waals surface area contributed by atoms with Crippen molar-refractivity contribution < 1.29 is 9.59 Å². The van der Waals surface area contributed by atoms with Gasteiger partial charge in [-0.25, -0.2) is 4.98 Å². The minimum absolute atomic E-state index is 0.0525. The van der Waals surface area contributed by atoms with E-state index in [0.29, 0.717) is 11.6 Å². The van der Waals surface area contributed by atoms with Crippen molar-refractivity contribution in [2.45, 2.75) is 59.4 Å². The number of carbonyl (C=O) groups is 2. The normalized spacial score (nSPS) is 12.0. The van der Waals surface area contributed by atoms with E-state index in [1.54, 1.807) is 11.1 Å². The molecule has 0 fully saturated rings. The first-order chi connectivity index (χ1) is 9.97. The monoisotopic (exact) mass is 311 g/mol. The van der Waals surface area contributed by atoms with E-state index >= 15 is 0 Å². The van der Waals surface area contributed by atoms with Gasteiger partial charge in [-0.1, -0.05) is 20.3 Å². The van der Waals surface area contributed by atoms with Gasteiger partial charge in [0.1, 0.15) is 6.54 Å². The van der Waals surface area contributed by atoms with Crippen molar-refractivity contribution in [3.05, 3.63) is 11.1 Å². The van der Waals surface area contributed by atoms with Gasteiger partial charge in [-0.05, 0) is 26.7 Å². The number of aromatic nitrogens is 1. The Morgan fingerprint density at radius 1 is 1.43 bits per heavy atom. The Bertz CT molecular complexity index is 473. The van der Waals surface area contributed by atoms with Crippen LogP contribution in [-0.4, -0.2) is 34.3 Å². The average molecular weight is 311 g/mol. The summed E-state index contributed by atoms with van der Waals surface area (Å²) in [6.07, 6.45) is 4.90. The third kappa shape index (κ3) is 5.83. The van der Waals surface area contributed by atoms with Gasteiger partial charge in [0.15, 0.2) is 5.13 Å². The zero-order valence-corrected chi connectivity index (χ0v) is 14.1. The van der Waals surface area contributed by atoms with Gasteiger partial charge in [0.25, 0.3) is 0 Å². The molecule has 0 aliphatic heterocycles. The predicted molar refractivity (Wildman–Crippen MR) is 86.5 cm³/mol. The van der Waals surface area contributed by atoms with Crippen LogP contribution in [0, 0.1) is 6.92 Å². The fraction of sp³-hybridized carbons (Fsp3) is 0.667. The van der Waals surface area contributed by atoms with Gasteiger partial charge in [0.05, 0.1) is 0 Å². The smallest absolute Gasteiger partial charge is 0.245 e. The quantitative estimate of drug-likeness (QED) is 0.802. The Kier molecular flexibility index (Phi) is 7.36. The van der Waals surface area contributed by atoms with Crippen LogP contribution in [0.4, 0.5) is 5.13 Å². The summed E-state index contributed by atoms with van der Waals surface area (Å²) in [6.45, 7) is 8.08. The molecule has 5 nitrogen and oxygen atoms in total. The van der Waals surface area contributed by atoms with Crippen molar-refractivity contribution in [2.24, 2.45) is 0 Å². The molecule has 0 saturated heterocycles. The first kappa shape index (κ1) is 17.6. The van der Waals surface area contributed by atoms with E-state index in [1.807, 2.05) is 20.8 Å². The van der Waals surface area contributed by atoms with Crippen molar-refractivity contribution in [1.82, 2.24) is 9.88 Å². The molecule has 1 aromatic rings. The van der Waals surface area contributed by atoms with Crippen molar-refractivity contribution in [1.29, 1.82) is 0 Å². The van der Waals surface area contributed by atoms with Crippen LogP contribution < -0.4 is 5.32 Å². The fourth-order valence-corrected chi connectivity index (χ4v) is 2.59. The number of hydrogen-bond donors (Lipinski definition) is 1. The lowest BCUT2D eigenvalue weighted by Gasteiger charge is -2.28. The van der Waals surface area contributed by atoms with E-state index in [0.717, 1.165) is 24.1 Å². The van der Waals surface area contributed by atoms with Crippen LogP contribution in [0.2, 0.25) is 0 Å². The molecule has 0 aliphatic rings. The van der Waals surface area contributed by atoms with Crippen molar-refractivity contribution in [2.75, 3.05) is 11.9 Å². The highest BCUT2D eigenvalue weighted by atomic mass is 32.1. The summed E-state index contributed by atoms with van der Waals surface area (Å²) in [6, 6.07) is 0.0677. The van der Waals surface area contributed by atoms with Crippen LogP contribution in [0.25, 0.3) is 0 Å². The molecule has 0 saturated carbocycles. The number of carbonyl (C=O) groups excluding carboxylic acids is 2. The molecule has 1 atom stereocenters. The molecular weight excluding hydrogens is 286 g/mol. The Labute approximate surface area is 130 Å². The van der Waals surface area contributed by atoms with Crippen LogP contribution in [0.1, 0.15) is 51.3 Å². The molecule has 0 aromatic carbocycles. The second-order valence-electron chi connectivity index (χ2n) is 5.21. The minimum Gasteiger partial charge on any atom is -0.331 e. The fourth-order valence-electron chi connectivity index (χ4n) is 1.91. The van der Waals surface area contributed by atoms with Gasteiger partial charge in [0.2, 0.25) is 11.8 Å². The largest absolute Gasteiger partial charge is 0.331 e. The molecule has 6 heteroatoms. The average Bonchev–Trinajstić information content (AvgIpc) is 2.86. The van der Waals surface area contributed by atoms with Crippen molar-refractivity contribution >= 4 is 28.3 Å². The van der Waals surface area contributed by atoms with Crippen LogP contribution in [0.3, 0.4) is 0 Å². The van der Waals surface area contributed by atoms with Crippen molar-refractivity contribution in [3.8, 4) is 0 Å². The molecule has 0 radical (unpaired) electrons. The lowest BCUT2D eigenvalue weighted by atomic mass is 10.1. The Hall–Kier alpha value is -1.43. The molecule has 0 aliphatic carbocycles. The molecule has 1 N–H and O–H groups in total. The first-order valence-corrected chi connectivity index (χ1v) is 8.31. The third-order valence-electron chi connectivity index (χ3n) is 3.37. The second-order valence-corrected chi connectivity index (χ2v) is 6.44. The zero-order chi connectivity index (χ0) is 15.8. The van der Waals surface area contributed by atoms with E-state index in [2.05, 4.69) is 17.2 Å². The van der Waals surface area contributed by atoms with E-state index in [1.165, 1.54) is 11.3 Å². The lowest BCUT2D eigenvalue weighted by molar-refractivity contribution is -0.136. The summed E-state index contributed by atoms with van der Waals surface area (Å²) >= 11 is 1.43. The van der Waals surface area contributed by atoms with Crippen LogP contribution in [-0.2, 0) is 9.59 Å². The summed E-state index contributed by atoms with van der Waals surface area (Å²) in [5.74, 6) is -0.133. The highest BCUT2D eigenvalue weighted by Crippen LogP contribution is 2.16. The molecule has 21 heavy (non-hydrogen) atoms. The Balaban J connectivity index is 2.62. The second kappa shape index (κ2) is 8.77. The molecular formula is C15H25N3O2S. The lowest BCUT2D eigenvalue weighted by Crippen LogP contribution is -2.43. The number of nitrogens with one attached hydrogen (secondary N) is 1. The maximum Gasteiger partial charge on any atom is 0.245 e. The molecule has 2 amide bonds. The number of hydrogen-bond acceptors (Lipinski definition) is 4. The SMILES string of the molecule is CCCCC(=O)N(CC(=O)Nc1ncc(C)s1)C(C)CC. The predicted octanol–water partition coefficient (Wildman–Crippen LogP) is 3.21. The number of nitrogens with zero attached hydrogens (tertiary/aromatic N) is 2. The van der Waals surface area contributed by atoms with Gasteiger partial charge in [0, 0.05) is 23.5 Å². The van der Waals surface area contributed by atoms with E-state index < -0.39 is 0 Å². The van der Waals surface area contributed by atoms with Crippen LogP contribution >= 0.6 is 11.3 Å². The summed E-state index contributed by atoms with van der Waals surface area (Å²) in [7, 11) is 0. The summed E-state index contributed by atoms with van der Waals surface area (Å²) in [4.78, 5) is 31.1. The Morgan fingerprint density at radius 3 is 2.67 bits per heavy atom. The zero-order valence-electron chi connectivity index (χ0n) is 13.3. The minimum atomic E-state index is -0.186. The van der Waals surface area contributed by atoms with Crippen LogP contribution in [0.5, 0.6) is 0 Å². The van der Waals surface area contributed by atoms with Gasteiger partial charge in [-0.3, -0.25) is 9.59 Å². The van der Waals surface area contributed by atoms with Gasteiger partial charge < -0.3 is 10.2 Å². The number of thiazole rings is 1. The van der Waals surface area contributed by atoms with E-state index in [-0.39, 0.29) is 24.4 Å². The van der Waals surface area contributed by atoms with Crippen molar-refractivity contribution in [3.63, 3.8) is 0 Å². The number of anilines is 1. The summed E-state index contributed by atoms with van der Waals surface area (Å²) < 4.78 is 0. The highest BCUT2D eigenvalue weighted by Gasteiger charge is 2.21. The summed E-state index contributed by atoms with van der Waals surface area (Å²) in [5, 5.41) is 3.34. The highest BCUT2D eigenvalue weighted by molar-refractivity contribution is 7.15. The van der Waals surface area contributed by atoms with Gasteiger partial charge >= 0.3 is 0 Å². The molecule has 1 unspecified atom stereocenters. The topological polar surface area (TPSA) is 62.3 Å². The van der Waals surface area contributed by atoms with Crippen LogP contribution in [0.15, 0.2) is 6.20 Å². The first-order valence-electron chi connectivity index (χ1n) is 7.49. The summed E-state index contributed by atoms with van der Waals surface area (Å²) in [5.41, 5.74) is 0. The van der Waals surface area contributed by atoms with Gasteiger partial charge in [-0.2, -0.15) is 0 Å². The van der Waals surface area contributed by atoms with E-state index in [9.17, 15) is 9.59 Å². The molecule has 0 bridgehead atoms. The standard InChI is InChI=1S/C15H25N3O2S/c1-5-7-8-14(20)18(11(3)6-2)10-13(19)17-15-16-9-12(4)21-15/h9,11H,5-8,10H2,1-4H3,(H,16,17,19). The number of rotatable bonds is 8.